The molecule has 2 heterocycles. The van der Waals surface area contributed by atoms with Gasteiger partial charge in [0, 0.05) is 17.8 Å². The van der Waals surface area contributed by atoms with Crippen LogP contribution >= 0.6 is 0 Å². The first-order valence-corrected chi connectivity index (χ1v) is 9.55. The Morgan fingerprint density at radius 2 is 1.93 bits per heavy atom. The number of anilines is 3. The molecule has 7 heteroatoms. The second kappa shape index (κ2) is 7.67. The zero-order valence-electron chi connectivity index (χ0n) is 16.4. The highest BCUT2D eigenvalue weighted by Crippen LogP contribution is 2.36. The monoisotopic (exact) mass is 394 g/mol. The Hall–Kier alpha value is -3.19. The third-order valence-corrected chi connectivity index (χ3v) is 5.41. The van der Waals surface area contributed by atoms with Crippen molar-refractivity contribution in [2.75, 3.05) is 16.8 Å². The van der Waals surface area contributed by atoms with E-state index >= 15 is 0 Å². The first-order valence-electron chi connectivity index (χ1n) is 9.55. The molecule has 1 atom stereocenters. The second-order valence-electron chi connectivity index (χ2n) is 7.24. The van der Waals surface area contributed by atoms with Crippen molar-refractivity contribution in [3.8, 4) is 5.75 Å². The van der Waals surface area contributed by atoms with Crippen LogP contribution < -0.4 is 10.2 Å². The number of benzene rings is 2. The molecule has 1 aliphatic heterocycles. The lowest BCUT2D eigenvalue weighted by molar-refractivity contribution is 0.276. The van der Waals surface area contributed by atoms with Gasteiger partial charge in [0.05, 0.1) is 18.3 Å². The maximum atomic E-state index is 13.2. The molecule has 2 aromatic carbocycles. The van der Waals surface area contributed by atoms with Gasteiger partial charge >= 0.3 is 0 Å². The predicted octanol–water partition coefficient (Wildman–Crippen LogP) is 3.99. The number of aromatic nitrogens is 2. The van der Waals surface area contributed by atoms with Crippen LogP contribution in [0.25, 0.3) is 0 Å². The van der Waals surface area contributed by atoms with Crippen molar-refractivity contribution in [3.05, 3.63) is 70.7 Å². The van der Waals surface area contributed by atoms with Gasteiger partial charge in [0.15, 0.2) is 0 Å². The lowest BCUT2D eigenvalue weighted by atomic mass is 9.93. The molecule has 0 amide bonds. The average molecular weight is 394 g/mol. The van der Waals surface area contributed by atoms with Gasteiger partial charge in [0.25, 0.3) is 0 Å². The largest absolute Gasteiger partial charge is 0.508 e. The van der Waals surface area contributed by atoms with Crippen molar-refractivity contribution >= 4 is 17.5 Å². The van der Waals surface area contributed by atoms with Crippen molar-refractivity contribution in [2.45, 2.75) is 32.9 Å². The maximum absolute atomic E-state index is 13.2. The van der Waals surface area contributed by atoms with Crippen molar-refractivity contribution < 1.29 is 14.6 Å². The first-order chi connectivity index (χ1) is 14.0. The number of nitrogens with one attached hydrogen (secondary N) is 1. The molecule has 0 radical (unpaired) electrons. The lowest BCUT2D eigenvalue weighted by Gasteiger charge is -2.37. The van der Waals surface area contributed by atoms with Gasteiger partial charge < -0.3 is 20.4 Å². The smallest absolute Gasteiger partial charge is 0.229 e. The number of halogens is 1. The highest BCUT2D eigenvalue weighted by atomic mass is 19.1. The fourth-order valence-corrected chi connectivity index (χ4v) is 3.81. The molecule has 0 spiro atoms. The second-order valence-corrected chi connectivity index (χ2v) is 7.24. The molecule has 1 unspecified atom stereocenters. The molecule has 6 nitrogen and oxygen atoms in total. The van der Waals surface area contributed by atoms with E-state index in [-0.39, 0.29) is 24.2 Å². The van der Waals surface area contributed by atoms with Gasteiger partial charge in [-0.15, -0.1) is 0 Å². The number of hydrogen-bond acceptors (Lipinski definition) is 6. The number of phenolic OH excluding ortho intramolecular Hbond substituents is 1. The van der Waals surface area contributed by atoms with Gasteiger partial charge in [-0.2, -0.15) is 4.98 Å². The molecular weight excluding hydrogens is 371 g/mol. The van der Waals surface area contributed by atoms with E-state index in [2.05, 4.69) is 22.1 Å². The Bertz CT molecular complexity index is 1040. The number of aliphatic hydroxyl groups is 1. The van der Waals surface area contributed by atoms with Crippen molar-refractivity contribution in [2.24, 2.45) is 0 Å². The summed E-state index contributed by atoms with van der Waals surface area (Å²) in [5.41, 5.74) is 4.31. The Morgan fingerprint density at radius 3 is 2.66 bits per heavy atom. The summed E-state index contributed by atoms with van der Waals surface area (Å²) >= 11 is 0. The Balaban J connectivity index is 1.71. The van der Waals surface area contributed by atoms with E-state index < -0.39 is 0 Å². The topological polar surface area (TPSA) is 81.5 Å². The van der Waals surface area contributed by atoms with E-state index in [9.17, 15) is 14.6 Å². The van der Waals surface area contributed by atoms with E-state index in [4.69, 9.17) is 4.98 Å². The van der Waals surface area contributed by atoms with Gasteiger partial charge in [0.1, 0.15) is 17.4 Å². The normalized spacial score (nSPS) is 15.9. The zero-order valence-corrected chi connectivity index (χ0v) is 16.4. The molecule has 4 rings (SSSR count). The van der Waals surface area contributed by atoms with E-state index in [0.29, 0.717) is 17.3 Å². The van der Waals surface area contributed by atoms with Crippen molar-refractivity contribution in [1.29, 1.82) is 0 Å². The summed E-state index contributed by atoms with van der Waals surface area (Å²) in [7, 11) is 0. The summed E-state index contributed by atoms with van der Waals surface area (Å²) in [6, 6.07) is 11.5. The van der Waals surface area contributed by atoms with Gasteiger partial charge in [-0.3, -0.25) is 0 Å². The summed E-state index contributed by atoms with van der Waals surface area (Å²) in [6.45, 7) is 4.53. The molecule has 0 aliphatic carbocycles. The Kier molecular flexibility index (Phi) is 5.07. The van der Waals surface area contributed by atoms with Crippen LogP contribution in [0.5, 0.6) is 5.75 Å². The lowest BCUT2D eigenvalue weighted by Crippen LogP contribution is -2.35. The van der Waals surface area contributed by atoms with Crippen LogP contribution in [-0.4, -0.2) is 26.7 Å². The minimum absolute atomic E-state index is 0.0539. The number of aromatic hydroxyl groups is 1. The zero-order chi connectivity index (χ0) is 20.5. The van der Waals surface area contributed by atoms with E-state index in [1.165, 1.54) is 12.1 Å². The molecule has 3 N–H and O–H groups in total. The van der Waals surface area contributed by atoms with Crippen LogP contribution in [0.2, 0.25) is 0 Å². The third-order valence-electron chi connectivity index (χ3n) is 5.41. The molecule has 0 fully saturated rings. The van der Waals surface area contributed by atoms with Crippen LogP contribution in [0.4, 0.5) is 21.8 Å². The molecule has 3 aromatic rings. The summed E-state index contributed by atoms with van der Waals surface area (Å²) < 4.78 is 13.2. The van der Waals surface area contributed by atoms with E-state index in [0.717, 1.165) is 35.5 Å². The molecule has 29 heavy (non-hydrogen) atoms. The summed E-state index contributed by atoms with van der Waals surface area (Å²) in [5.74, 6) is 1.06. The fraction of sp³-hybridized carbons (Fsp3) is 0.273. The number of aliphatic hydroxyl groups excluding tert-OH is 1. The summed E-state index contributed by atoms with van der Waals surface area (Å²) in [5, 5.41) is 22.7. The Labute approximate surface area is 168 Å². The molecule has 1 aromatic heterocycles. The van der Waals surface area contributed by atoms with Crippen LogP contribution in [0.3, 0.4) is 0 Å². The standard InChI is InChI=1S/C22H23FN4O2/c1-13-20(12-28)25-22(24-17-5-3-16(23)4-6-17)26-21(13)27-10-9-15-11-18(29)7-8-19(15)14(27)2/h3-8,11,14,28-29H,9-10,12H2,1-2H3,(H,24,25,26). The highest BCUT2D eigenvalue weighted by Gasteiger charge is 2.27. The van der Waals surface area contributed by atoms with E-state index in [1.807, 2.05) is 19.1 Å². The molecule has 1 aliphatic rings. The Morgan fingerprint density at radius 1 is 1.17 bits per heavy atom. The third kappa shape index (κ3) is 3.73. The minimum atomic E-state index is -0.316. The average Bonchev–Trinajstić information content (AvgIpc) is 2.71. The predicted molar refractivity (Wildman–Crippen MR) is 110 cm³/mol. The number of rotatable bonds is 4. The van der Waals surface area contributed by atoms with Gasteiger partial charge in [-0.25, -0.2) is 9.37 Å². The van der Waals surface area contributed by atoms with Gasteiger partial charge in [-0.1, -0.05) is 6.07 Å². The molecule has 0 saturated carbocycles. The molecule has 150 valence electrons. The molecular formula is C22H23FN4O2. The number of hydrogen-bond donors (Lipinski definition) is 3. The number of nitrogens with zero attached hydrogens (tertiary/aromatic N) is 3. The quantitative estimate of drug-likeness (QED) is 0.621. The van der Waals surface area contributed by atoms with Crippen molar-refractivity contribution in [3.63, 3.8) is 0 Å². The van der Waals surface area contributed by atoms with Crippen LogP contribution in [0.1, 0.15) is 35.3 Å². The van der Waals surface area contributed by atoms with Crippen molar-refractivity contribution in [1.82, 2.24) is 9.97 Å². The molecule has 0 bridgehead atoms. The van der Waals surface area contributed by atoms with Gasteiger partial charge in [-0.05, 0) is 67.8 Å². The number of fused-ring (bicyclic) bond motifs is 1. The van der Waals surface area contributed by atoms with Gasteiger partial charge in [0.2, 0.25) is 5.95 Å². The fourth-order valence-electron chi connectivity index (χ4n) is 3.81. The highest BCUT2D eigenvalue weighted by molar-refractivity contribution is 5.60. The SMILES string of the molecule is Cc1c(CO)nc(Nc2ccc(F)cc2)nc1N1CCc2cc(O)ccc2C1C. The minimum Gasteiger partial charge on any atom is -0.508 e. The maximum Gasteiger partial charge on any atom is 0.229 e. The first kappa shape index (κ1) is 19.1. The van der Waals surface area contributed by atoms with Crippen LogP contribution in [0.15, 0.2) is 42.5 Å². The number of phenols is 1. The summed E-state index contributed by atoms with van der Waals surface area (Å²) in [4.78, 5) is 11.3. The van der Waals surface area contributed by atoms with Crippen LogP contribution in [-0.2, 0) is 13.0 Å². The summed E-state index contributed by atoms with van der Waals surface area (Å²) in [6.07, 6.45) is 0.784. The molecule has 0 saturated heterocycles. The van der Waals surface area contributed by atoms with Crippen LogP contribution in [0, 0.1) is 12.7 Å². The van der Waals surface area contributed by atoms with E-state index in [1.54, 1.807) is 18.2 Å².